The minimum Gasteiger partial charge on any atom is -0.377 e. The molecule has 0 saturated heterocycles. The Kier molecular flexibility index (Phi) is 3.75. The van der Waals surface area contributed by atoms with Crippen LogP contribution < -0.4 is 5.32 Å². The fraction of sp³-hybridized carbons (Fsp3) is 0.400. The first-order valence-electron chi connectivity index (χ1n) is 6.51. The highest BCUT2D eigenvalue weighted by Crippen LogP contribution is 2.35. The van der Waals surface area contributed by atoms with Gasteiger partial charge in [0.05, 0.1) is 12.2 Å². The van der Waals surface area contributed by atoms with E-state index in [0.29, 0.717) is 5.69 Å². The SMILES string of the molecule is Cn1cc(C(Nc2ccnc(C#N)c2)C(C)(C)C)cn1. The van der Waals surface area contributed by atoms with Crippen LogP contribution in [0.3, 0.4) is 0 Å². The quantitative estimate of drug-likeness (QED) is 0.930. The third-order valence-electron chi connectivity index (χ3n) is 3.11. The Morgan fingerprint density at radius 2 is 2.15 bits per heavy atom. The average Bonchev–Trinajstić information content (AvgIpc) is 2.81. The van der Waals surface area contributed by atoms with Crippen LogP contribution in [-0.2, 0) is 7.05 Å². The second-order valence-electron chi connectivity index (χ2n) is 5.93. The summed E-state index contributed by atoms with van der Waals surface area (Å²) < 4.78 is 1.79. The molecule has 1 unspecified atom stereocenters. The smallest absolute Gasteiger partial charge is 0.142 e. The highest BCUT2D eigenvalue weighted by Gasteiger charge is 2.27. The summed E-state index contributed by atoms with van der Waals surface area (Å²) in [6.45, 7) is 6.51. The van der Waals surface area contributed by atoms with Crippen molar-refractivity contribution in [1.82, 2.24) is 14.8 Å². The molecule has 1 atom stereocenters. The zero-order chi connectivity index (χ0) is 14.8. The monoisotopic (exact) mass is 269 g/mol. The van der Waals surface area contributed by atoms with E-state index >= 15 is 0 Å². The van der Waals surface area contributed by atoms with Gasteiger partial charge in [-0.1, -0.05) is 20.8 Å². The summed E-state index contributed by atoms with van der Waals surface area (Å²) in [5.41, 5.74) is 2.43. The number of hydrogen-bond donors (Lipinski definition) is 1. The lowest BCUT2D eigenvalue weighted by molar-refractivity contribution is 0.347. The number of rotatable bonds is 3. The molecule has 0 saturated carbocycles. The molecule has 5 nitrogen and oxygen atoms in total. The molecule has 2 heterocycles. The summed E-state index contributed by atoms with van der Waals surface area (Å²) in [6, 6.07) is 5.79. The second kappa shape index (κ2) is 5.33. The Morgan fingerprint density at radius 3 is 2.70 bits per heavy atom. The van der Waals surface area contributed by atoms with Crippen molar-refractivity contribution in [2.45, 2.75) is 26.8 Å². The maximum Gasteiger partial charge on any atom is 0.142 e. The summed E-state index contributed by atoms with van der Waals surface area (Å²) >= 11 is 0. The van der Waals surface area contributed by atoms with Crippen LogP contribution in [0, 0.1) is 16.7 Å². The number of nitrogens with zero attached hydrogens (tertiary/aromatic N) is 4. The summed E-state index contributed by atoms with van der Waals surface area (Å²) in [7, 11) is 1.91. The van der Waals surface area contributed by atoms with E-state index in [1.807, 2.05) is 25.5 Å². The first-order valence-corrected chi connectivity index (χ1v) is 6.51. The van der Waals surface area contributed by atoms with Crippen LogP contribution in [0.5, 0.6) is 0 Å². The zero-order valence-electron chi connectivity index (χ0n) is 12.3. The van der Waals surface area contributed by atoms with Gasteiger partial charge in [0.2, 0.25) is 0 Å². The molecule has 0 aliphatic rings. The molecule has 2 aromatic rings. The highest BCUT2D eigenvalue weighted by molar-refractivity contribution is 5.48. The van der Waals surface area contributed by atoms with Crippen LogP contribution in [0.2, 0.25) is 0 Å². The average molecular weight is 269 g/mol. The summed E-state index contributed by atoms with van der Waals surface area (Å²) in [6.07, 6.45) is 5.52. The molecule has 0 aliphatic carbocycles. The molecule has 0 fully saturated rings. The Labute approximate surface area is 119 Å². The Bertz CT molecular complexity index is 630. The first-order chi connectivity index (χ1) is 9.40. The molecule has 2 rings (SSSR count). The van der Waals surface area contributed by atoms with Gasteiger partial charge in [-0.05, 0) is 17.5 Å². The topological polar surface area (TPSA) is 66.5 Å². The highest BCUT2D eigenvalue weighted by atomic mass is 15.2. The molecule has 0 bridgehead atoms. The van der Waals surface area contributed by atoms with E-state index in [1.54, 1.807) is 16.9 Å². The molecule has 0 amide bonds. The van der Waals surface area contributed by atoms with Crippen LogP contribution in [0.25, 0.3) is 0 Å². The predicted octanol–water partition coefficient (Wildman–Crippen LogP) is 2.89. The van der Waals surface area contributed by atoms with Gasteiger partial charge in [0.15, 0.2) is 0 Å². The molecule has 20 heavy (non-hydrogen) atoms. The van der Waals surface area contributed by atoms with Crippen LogP contribution >= 0.6 is 0 Å². The number of hydrogen-bond acceptors (Lipinski definition) is 4. The Balaban J connectivity index is 2.31. The number of pyridine rings is 1. The van der Waals surface area contributed by atoms with E-state index < -0.39 is 0 Å². The van der Waals surface area contributed by atoms with E-state index in [4.69, 9.17) is 5.26 Å². The van der Waals surface area contributed by atoms with Crippen molar-refractivity contribution >= 4 is 5.69 Å². The van der Waals surface area contributed by atoms with Crippen LogP contribution in [-0.4, -0.2) is 14.8 Å². The van der Waals surface area contributed by atoms with Gasteiger partial charge in [-0.2, -0.15) is 10.4 Å². The Hall–Kier alpha value is -2.35. The third-order valence-corrected chi connectivity index (χ3v) is 3.11. The minimum absolute atomic E-state index is 0.0130. The molecule has 2 aromatic heterocycles. The molecule has 5 heteroatoms. The van der Waals surface area contributed by atoms with Crippen molar-refractivity contribution in [3.63, 3.8) is 0 Å². The number of aromatic nitrogens is 3. The molecular formula is C15H19N5. The molecule has 0 aromatic carbocycles. The maximum atomic E-state index is 8.92. The van der Waals surface area contributed by atoms with E-state index in [0.717, 1.165) is 11.3 Å². The number of aryl methyl sites for hydroxylation is 1. The van der Waals surface area contributed by atoms with E-state index in [1.165, 1.54) is 0 Å². The van der Waals surface area contributed by atoms with Crippen molar-refractivity contribution in [3.05, 3.63) is 42.0 Å². The summed E-state index contributed by atoms with van der Waals surface area (Å²) in [5, 5.41) is 16.6. The minimum atomic E-state index is 0.0130. The van der Waals surface area contributed by atoms with E-state index in [2.05, 4.69) is 42.2 Å². The van der Waals surface area contributed by atoms with Crippen LogP contribution in [0.15, 0.2) is 30.7 Å². The van der Waals surface area contributed by atoms with Crippen molar-refractivity contribution in [2.24, 2.45) is 12.5 Å². The van der Waals surface area contributed by atoms with Crippen molar-refractivity contribution in [3.8, 4) is 6.07 Å². The second-order valence-corrected chi connectivity index (χ2v) is 5.93. The number of nitrogens with one attached hydrogen (secondary N) is 1. The summed E-state index contributed by atoms with van der Waals surface area (Å²) in [5.74, 6) is 0. The lowest BCUT2D eigenvalue weighted by Crippen LogP contribution is -2.25. The third kappa shape index (κ3) is 3.15. The lowest BCUT2D eigenvalue weighted by Gasteiger charge is -2.31. The van der Waals surface area contributed by atoms with Crippen LogP contribution in [0.4, 0.5) is 5.69 Å². The van der Waals surface area contributed by atoms with Gasteiger partial charge in [0.25, 0.3) is 0 Å². The van der Waals surface area contributed by atoms with Gasteiger partial charge in [-0.15, -0.1) is 0 Å². The van der Waals surface area contributed by atoms with E-state index in [9.17, 15) is 0 Å². The fourth-order valence-electron chi connectivity index (χ4n) is 2.14. The molecule has 0 radical (unpaired) electrons. The molecule has 1 N–H and O–H groups in total. The van der Waals surface area contributed by atoms with E-state index in [-0.39, 0.29) is 11.5 Å². The van der Waals surface area contributed by atoms with Crippen molar-refractivity contribution in [1.29, 1.82) is 5.26 Å². The molecule has 0 spiro atoms. The molecule has 0 aliphatic heterocycles. The Morgan fingerprint density at radius 1 is 1.40 bits per heavy atom. The van der Waals surface area contributed by atoms with Gasteiger partial charge in [0.1, 0.15) is 11.8 Å². The standard InChI is InChI=1S/C15H19N5/c1-15(2,3)14(11-9-18-20(4)10-11)19-12-5-6-17-13(7-12)8-16/h5-7,9-10,14H,1-4H3,(H,17,19). The van der Waals surface area contributed by atoms with Crippen molar-refractivity contribution < 1.29 is 0 Å². The predicted molar refractivity (Wildman–Crippen MR) is 78.0 cm³/mol. The summed E-state index contributed by atoms with van der Waals surface area (Å²) in [4.78, 5) is 3.99. The molecule has 104 valence electrons. The number of nitriles is 1. The normalized spacial score (nSPS) is 12.8. The lowest BCUT2D eigenvalue weighted by atomic mass is 9.83. The van der Waals surface area contributed by atoms with Crippen molar-refractivity contribution in [2.75, 3.05) is 5.32 Å². The van der Waals surface area contributed by atoms with Gasteiger partial charge in [-0.25, -0.2) is 4.98 Å². The van der Waals surface area contributed by atoms with Gasteiger partial charge in [-0.3, -0.25) is 4.68 Å². The zero-order valence-corrected chi connectivity index (χ0v) is 12.3. The molecular weight excluding hydrogens is 250 g/mol. The number of anilines is 1. The fourth-order valence-corrected chi connectivity index (χ4v) is 2.14. The maximum absolute atomic E-state index is 8.92. The largest absolute Gasteiger partial charge is 0.377 e. The van der Waals surface area contributed by atoms with Crippen LogP contribution in [0.1, 0.15) is 38.1 Å². The van der Waals surface area contributed by atoms with Gasteiger partial charge in [0, 0.05) is 30.7 Å². The first kappa shape index (κ1) is 14.1. The van der Waals surface area contributed by atoms with Gasteiger partial charge < -0.3 is 5.32 Å². The van der Waals surface area contributed by atoms with Gasteiger partial charge >= 0.3 is 0 Å².